The highest BCUT2D eigenvalue weighted by Crippen LogP contribution is 2.30. The molecule has 0 aromatic rings. The van der Waals surface area contributed by atoms with Crippen molar-refractivity contribution in [1.29, 1.82) is 0 Å². The first-order valence-corrected chi connectivity index (χ1v) is 4.53. The Morgan fingerprint density at radius 1 is 1.50 bits per heavy atom. The van der Waals surface area contributed by atoms with Gasteiger partial charge in [-0.1, -0.05) is 12.2 Å². The molecule has 0 aromatic carbocycles. The fraction of sp³-hybridized carbons (Fsp3) is 0.600. The quantitative estimate of drug-likeness (QED) is 0.690. The van der Waals surface area contributed by atoms with Gasteiger partial charge in [-0.05, 0) is 24.8 Å². The molecular formula is C10H14O2. The molecule has 66 valence electrons. The lowest BCUT2D eigenvalue weighted by molar-refractivity contribution is 0.147. The van der Waals surface area contributed by atoms with Gasteiger partial charge in [0.05, 0.1) is 18.5 Å². The number of aliphatic hydroxyl groups excluding tert-OH is 1. The first-order valence-electron chi connectivity index (χ1n) is 4.53. The number of rotatable bonds is 3. The van der Waals surface area contributed by atoms with Gasteiger partial charge < -0.3 is 9.84 Å². The van der Waals surface area contributed by atoms with Gasteiger partial charge in [-0.25, -0.2) is 0 Å². The number of allylic oxidation sites excluding steroid dienone is 2. The molecule has 1 N–H and O–H groups in total. The van der Waals surface area contributed by atoms with Crippen molar-refractivity contribution in [3.63, 3.8) is 0 Å². The van der Waals surface area contributed by atoms with Crippen LogP contribution in [0, 0.1) is 5.92 Å². The summed E-state index contributed by atoms with van der Waals surface area (Å²) in [6, 6.07) is 0. The maximum absolute atomic E-state index is 9.25. The molecule has 2 aliphatic carbocycles. The fourth-order valence-corrected chi connectivity index (χ4v) is 1.25. The molecule has 2 nitrogen and oxygen atoms in total. The Labute approximate surface area is 72.5 Å². The minimum Gasteiger partial charge on any atom is -0.498 e. The second kappa shape index (κ2) is 3.31. The molecule has 1 atom stereocenters. The summed E-state index contributed by atoms with van der Waals surface area (Å²) in [5.41, 5.74) is 0. The van der Waals surface area contributed by atoms with Crippen molar-refractivity contribution >= 4 is 0 Å². The van der Waals surface area contributed by atoms with Crippen LogP contribution >= 0.6 is 0 Å². The van der Waals surface area contributed by atoms with E-state index in [2.05, 4.69) is 0 Å². The molecule has 2 aliphatic rings. The molecule has 0 spiro atoms. The first kappa shape index (κ1) is 7.87. The van der Waals surface area contributed by atoms with E-state index in [0.717, 1.165) is 18.3 Å². The number of hydrogen-bond donors (Lipinski definition) is 1. The largest absolute Gasteiger partial charge is 0.498 e. The van der Waals surface area contributed by atoms with Crippen molar-refractivity contribution in [2.24, 2.45) is 5.92 Å². The van der Waals surface area contributed by atoms with Crippen molar-refractivity contribution in [2.45, 2.75) is 25.4 Å². The van der Waals surface area contributed by atoms with Crippen LogP contribution in [0.3, 0.4) is 0 Å². The lowest BCUT2D eigenvalue weighted by Gasteiger charge is -2.14. The van der Waals surface area contributed by atoms with Crippen LogP contribution in [0.4, 0.5) is 0 Å². The molecule has 0 radical (unpaired) electrons. The molecule has 1 fully saturated rings. The number of hydrogen-bond acceptors (Lipinski definition) is 2. The van der Waals surface area contributed by atoms with Gasteiger partial charge in [0.1, 0.15) is 0 Å². The van der Waals surface area contributed by atoms with Crippen LogP contribution < -0.4 is 0 Å². The maximum atomic E-state index is 9.25. The zero-order valence-corrected chi connectivity index (χ0v) is 7.07. The second-order valence-electron chi connectivity index (χ2n) is 3.54. The van der Waals surface area contributed by atoms with Crippen molar-refractivity contribution in [3.05, 3.63) is 24.0 Å². The van der Waals surface area contributed by atoms with Gasteiger partial charge in [0.2, 0.25) is 0 Å². The summed E-state index contributed by atoms with van der Waals surface area (Å²) in [4.78, 5) is 0. The molecule has 0 aromatic heterocycles. The summed E-state index contributed by atoms with van der Waals surface area (Å²) >= 11 is 0. The van der Waals surface area contributed by atoms with Crippen LogP contribution in [0.15, 0.2) is 24.0 Å². The third kappa shape index (κ3) is 2.11. The maximum Gasteiger partial charge on any atom is 0.0988 e. The molecule has 2 heteroatoms. The van der Waals surface area contributed by atoms with Gasteiger partial charge in [-0.3, -0.25) is 0 Å². The topological polar surface area (TPSA) is 29.5 Å². The van der Waals surface area contributed by atoms with Crippen molar-refractivity contribution in [3.8, 4) is 0 Å². The summed E-state index contributed by atoms with van der Waals surface area (Å²) in [6.07, 6.45) is 8.50. The number of ether oxygens (including phenoxy) is 1. The number of aliphatic hydroxyl groups is 1. The first-order chi connectivity index (χ1) is 5.84. The summed E-state index contributed by atoms with van der Waals surface area (Å²) < 4.78 is 5.53. The molecule has 0 heterocycles. The van der Waals surface area contributed by atoms with Crippen LogP contribution in [-0.2, 0) is 4.74 Å². The Morgan fingerprint density at radius 2 is 2.33 bits per heavy atom. The second-order valence-corrected chi connectivity index (χ2v) is 3.54. The monoisotopic (exact) mass is 166 g/mol. The molecule has 1 saturated carbocycles. The predicted octanol–water partition coefficient (Wildman–Crippen LogP) is 1.62. The van der Waals surface area contributed by atoms with Crippen LogP contribution in [0.1, 0.15) is 19.3 Å². The Hall–Kier alpha value is -0.760. The lowest BCUT2D eigenvalue weighted by Crippen LogP contribution is -2.09. The molecular weight excluding hydrogens is 152 g/mol. The van der Waals surface area contributed by atoms with Gasteiger partial charge in [0, 0.05) is 6.42 Å². The van der Waals surface area contributed by atoms with Crippen molar-refractivity contribution < 1.29 is 9.84 Å². The van der Waals surface area contributed by atoms with E-state index < -0.39 is 0 Å². The van der Waals surface area contributed by atoms with E-state index in [0.29, 0.717) is 6.42 Å². The Bertz CT molecular complexity index is 214. The fourth-order valence-electron chi connectivity index (χ4n) is 1.25. The van der Waals surface area contributed by atoms with E-state index in [9.17, 15) is 5.11 Å². The molecule has 0 saturated heterocycles. The summed E-state index contributed by atoms with van der Waals surface area (Å²) in [7, 11) is 0. The molecule has 0 bridgehead atoms. The Balaban J connectivity index is 1.78. The van der Waals surface area contributed by atoms with Crippen LogP contribution in [-0.4, -0.2) is 17.8 Å². The molecule has 12 heavy (non-hydrogen) atoms. The van der Waals surface area contributed by atoms with Crippen LogP contribution in [0.25, 0.3) is 0 Å². The van der Waals surface area contributed by atoms with Crippen molar-refractivity contribution in [1.82, 2.24) is 0 Å². The van der Waals surface area contributed by atoms with Crippen molar-refractivity contribution in [2.75, 3.05) is 6.61 Å². The van der Waals surface area contributed by atoms with E-state index in [-0.39, 0.29) is 6.10 Å². The lowest BCUT2D eigenvalue weighted by atomic mass is 10.1. The third-order valence-electron chi connectivity index (χ3n) is 2.23. The minimum atomic E-state index is -0.343. The smallest absolute Gasteiger partial charge is 0.0988 e. The normalized spacial score (nSPS) is 28.4. The summed E-state index contributed by atoms with van der Waals surface area (Å²) in [5, 5.41) is 9.25. The molecule has 0 amide bonds. The Kier molecular flexibility index (Phi) is 2.17. The van der Waals surface area contributed by atoms with E-state index >= 15 is 0 Å². The SMILES string of the molecule is OC1C=CC=C(OCC2CC2)C1. The predicted molar refractivity (Wildman–Crippen MR) is 46.5 cm³/mol. The van der Waals surface area contributed by atoms with Gasteiger partial charge in [-0.2, -0.15) is 0 Å². The zero-order valence-electron chi connectivity index (χ0n) is 7.07. The minimum absolute atomic E-state index is 0.343. The molecule has 0 aliphatic heterocycles. The summed E-state index contributed by atoms with van der Waals surface area (Å²) in [5.74, 6) is 1.71. The van der Waals surface area contributed by atoms with Crippen LogP contribution in [0.5, 0.6) is 0 Å². The Morgan fingerprint density at radius 3 is 3.00 bits per heavy atom. The highest BCUT2D eigenvalue weighted by molar-refractivity contribution is 5.16. The molecule has 2 rings (SSSR count). The van der Waals surface area contributed by atoms with Gasteiger partial charge in [0.25, 0.3) is 0 Å². The average Bonchev–Trinajstić information content (AvgIpc) is 2.84. The van der Waals surface area contributed by atoms with Crippen LogP contribution in [0.2, 0.25) is 0 Å². The van der Waals surface area contributed by atoms with Gasteiger partial charge >= 0.3 is 0 Å². The average molecular weight is 166 g/mol. The summed E-state index contributed by atoms with van der Waals surface area (Å²) in [6.45, 7) is 0.840. The molecule has 1 unspecified atom stereocenters. The highest BCUT2D eigenvalue weighted by Gasteiger charge is 2.22. The zero-order chi connectivity index (χ0) is 8.39. The van der Waals surface area contributed by atoms with E-state index in [4.69, 9.17) is 4.74 Å². The van der Waals surface area contributed by atoms with E-state index in [1.165, 1.54) is 12.8 Å². The standard InChI is InChI=1S/C10H14O2/c11-9-2-1-3-10(6-9)12-7-8-4-5-8/h1-3,8-9,11H,4-7H2. The van der Waals surface area contributed by atoms with Gasteiger partial charge in [-0.15, -0.1) is 0 Å². The van der Waals surface area contributed by atoms with E-state index in [1.807, 2.05) is 12.2 Å². The highest BCUT2D eigenvalue weighted by atomic mass is 16.5. The van der Waals surface area contributed by atoms with Gasteiger partial charge in [0.15, 0.2) is 0 Å². The third-order valence-corrected chi connectivity index (χ3v) is 2.23. The van der Waals surface area contributed by atoms with E-state index in [1.54, 1.807) is 6.08 Å².